The van der Waals surface area contributed by atoms with Crippen molar-refractivity contribution in [2.45, 2.75) is 0 Å². The summed E-state index contributed by atoms with van der Waals surface area (Å²) < 4.78 is 16.9. The Morgan fingerprint density at radius 1 is 1.07 bits per heavy atom. The number of ether oxygens (including phenoxy) is 3. The van der Waals surface area contributed by atoms with Crippen LogP contribution in [0.15, 0.2) is 50.8 Å². The number of carbonyl (C=O) groups excluding carboxylic acids is 1. The Morgan fingerprint density at radius 3 is 2.33 bits per heavy atom. The van der Waals surface area contributed by atoms with Crippen molar-refractivity contribution in [3.05, 3.63) is 51.3 Å². The predicted molar refractivity (Wildman–Crippen MR) is 111 cm³/mol. The monoisotopic (exact) mass is 448 g/mol. The lowest BCUT2D eigenvalue weighted by Gasteiger charge is -2.12. The molecule has 0 radical (unpaired) electrons. The third-order valence-electron chi connectivity index (χ3n) is 3.71. The summed E-state index contributed by atoms with van der Waals surface area (Å²) in [6.07, 6.45) is 1.76. The summed E-state index contributed by atoms with van der Waals surface area (Å²) in [4.78, 5) is 17.3. The summed E-state index contributed by atoms with van der Waals surface area (Å²) in [5.74, 6) is 1.34. The van der Waals surface area contributed by atoms with Gasteiger partial charge >= 0.3 is 0 Å². The van der Waals surface area contributed by atoms with Gasteiger partial charge in [0.15, 0.2) is 16.7 Å². The van der Waals surface area contributed by atoms with E-state index in [9.17, 15) is 4.79 Å². The summed E-state index contributed by atoms with van der Waals surface area (Å²) >= 11 is 4.72. The number of aliphatic imine (C=N–C) groups is 1. The van der Waals surface area contributed by atoms with Gasteiger partial charge in [0, 0.05) is 4.47 Å². The molecule has 1 aliphatic heterocycles. The molecule has 140 valence electrons. The fourth-order valence-corrected chi connectivity index (χ4v) is 3.68. The number of amidine groups is 1. The zero-order chi connectivity index (χ0) is 19.4. The fourth-order valence-electron chi connectivity index (χ4n) is 2.47. The third-order valence-corrected chi connectivity index (χ3v) is 5.29. The molecule has 1 aliphatic rings. The van der Waals surface area contributed by atoms with Crippen molar-refractivity contribution < 1.29 is 19.0 Å². The van der Waals surface area contributed by atoms with Gasteiger partial charge in [-0.15, -0.1) is 0 Å². The minimum Gasteiger partial charge on any atom is -0.493 e. The first kappa shape index (κ1) is 19.3. The standard InChI is InChI=1S/C19H17BrN2O4S/c1-24-14-8-11(9-15(25-2)17(14)26-3)10-16-18(23)22-19(27-16)21-13-7-5-4-6-12(13)20/h4-10H,1-3H3,(H,21,22,23)/b16-10-. The average molecular weight is 449 g/mol. The number of methoxy groups -OCH3 is 3. The number of amides is 1. The maximum atomic E-state index is 12.3. The number of para-hydroxylation sites is 1. The summed E-state index contributed by atoms with van der Waals surface area (Å²) in [5.41, 5.74) is 1.50. The number of halogens is 1. The Kier molecular flexibility index (Phi) is 6.08. The molecule has 0 unspecified atom stereocenters. The number of nitrogens with one attached hydrogen (secondary N) is 1. The lowest BCUT2D eigenvalue weighted by molar-refractivity contribution is -0.115. The highest BCUT2D eigenvalue weighted by atomic mass is 79.9. The van der Waals surface area contributed by atoms with Gasteiger partial charge in [0.05, 0.1) is 31.9 Å². The van der Waals surface area contributed by atoms with Gasteiger partial charge in [0.2, 0.25) is 5.75 Å². The summed E-state index contributed by atoms with van der Waals surface area (Å²) in [6.45, 7) is 0. The number of nitrogens with zero attached hydrogens (tertiary/aromatic N) is 1. The van der Waals surface area contributed by atoms with E-state index in [0.717, 1.165) is 15.7 Å². The number of benzene rings is 2. The van der Waals surface area contributed by atoms with Crippen molar-refractivity contribution in [1.82, 2.24) is 5.32 Å². The van der Waals surface area contributed by atoms with Crippen LogP contribution in [0.5, 0.6) is 17.2 Å². The van der Waals surface area contributed by atoms with Crippen molar-refractivity contribution in [1.29, 1.82) is 0 Å². The molecular weight excluding hydrogens is 432 g/mol. The lowest BCUT2D eigenvalue weighted by Crippen LogP contribution is -2.19. The molecular formula is C19H17BrN2O4S. The third kappa shape index (κ3) is 4.28. The second-order valence-corrected chi connectivity index (χ2v) is 7.28. The Morgan fingerprint density at radius 2 is 1.74 bits per heavy atom. The van der Waals surface area contributed by atoms with Gasteiger partial charge in [-0.25, -0.2) is 4.99 Å². The van der Waals surface area contributed by atoms with Gasteiger partial charge < -0.3 is 19.5 Å². The molecule has 8 heteroatoms. The normalized spacial score (nSPS) is 16.5. The van der Waals surface area contributed by atoms with Crippen LogP contribution in [-0.2, 0) is 4.79 Å². The molecule has 0 spiro atoms. The van der Waals surface area contributed by atoms with Crippen LogP contribution in [0.4, 0.5) is 5.69 Å². The van der Waals surface area contributed by atoms with Crippen molar-refractivity contribution >= 4 is 50.5 Å². The SMILES string of the molecule is COc1cc(/C=C2\SC(=Nc3ccccc3Br)NC2=O)cc(OC)c1OC. The minimum absolute atomic E-state index is 0.209. The second kappa shape index (κ2) is 8.49. The summed E-state index contributed by atoms with van der Waals surface area (Å²) in [5, 5.41) is 3.30. The Bertz CT molecular complexity index is 918. The summed E-state index contributed by atoms with van der Waals surface area (Å²) in [6, 6.07) is 11.1. The number of carbonyl (C=O) groups is 1. The molecule has 0 atom stereocenters. The van der Waals surface area contributed by atoms with Crippen molar-refractivity contribution in [3.63, 3.8) is 0 Å². The average Bonchev–Trinajstić information content (AvgIpc) is 3.01. The molecule has 1 heterocycles. The maximum Gasteiger partial charge on any atom is 0.264 e. The molecule has 3 rings (SSSR count). The molecule has 2 aromatic carbocycles. The van der Waals surface area contributed by atoms with Crippen molar-refractivity contribution in [3.8, 4) is 17.2 Å². The van der Waals surface area contributed by atoms with Gasteiger partial charge in [0.1, 0.15) is 0 Å². The van der Waals surface area contributed by atoms with Crippen LogP contribution in [0, 0.1) is 0 Å². The molecule has 0 saturated carbocycles. The highest BCUT2D eigenvalue weighted by Crippen LogP contribution is 2.39. The van der Waals surface area contributed by atoms with Gasteiger partial charge in [-0.1, -0.05) is 12.1 Å². The number of hydrogen-bond acceptors (Lipinski definition) is 6. The quantitative estimate of drug-likeness (QED) is 0.687. The zero-order valence-electron chi connectivity index (χ0n) is 14.9. The predicted octanol–water partition coefficient (Wildman–Crippen LogP) is 4.37. The van der Waals surface area contributed by atoms with Crippen LogP contribution < -0.4 is 19.5 Å². The van der Waals surface area contributed by atoms with Gasteiger partial charge in [-0.3, -0.25) is 4.79 Å². The molecule has 2 aromatic rings. The van der Waals surface area contributed by atoms with Gasteiger partial charge in [-0.05, 0) is 63.6 Å². The minimum atomic E-state index is -0.209. The highest BCUT2D eigenvalue weighted by Gasteiger charge is 2.24. The lowest BCUT2D eigenvalue weighted by atomic mass is 10.1. The topological polar surface area (TPSA) is 69.2 Å². The van der Waals surface area contributed by atoms with Gasteiger partial charge in [0.25, 0.3) is 5.91 Å². The van der Waals surface area contributed by atoms with Crippen molar-refractivity contribution in [2.75, 3.05) is 21.3 Å². The van der Waals surface area contributed by atoms with E-state index in [4.69, 9.17) is 14.2 Å². The van der Waals surface area contributed by atoms with E-state index in [-0.39, 0.29) is 5.91 Å². The molecule has 1 amide bonds. The van der Waals surface area contributed by atoms with E-state index in [1.165, 1.54) is 11.8 Å². The van der Waals surface area contributed by atoms with Crippen molar-refractivity contribution in [2.24, 2.45) is 4.99 Å². The first-order chi connectivity index (χ1) is 13.0. The van der Waals surface area contributed by atoms with Crippen LogP contribution >= 0.6 is 27.7 Å². The smallest absolute Gasteiger partial charge is 0.264 e. The largest absolute Gasteiger partial charge is 0.493 e. The molecule has 6 nitrogen and oxygen atoms in total. The fraction of sp³-hybridized carbons (Fsp3) is 0.158. The molecule has 1 N–H and O–H groups in total. The zero-order valence-corrected chi connectivity index (χ0v) is 17.3. The molecule has 27 heavy (non-hydrogen) atoms. The van der Waals surface area contributed by atoms with Gasteiger partial charge in [-0.2, -0.15) is 0 Å². The maximum absolute atomic E-state index is 12.3. The number of hydrogen-bond donors (Lipinski definition) is 1. The second-order valence-electron chi connectivity index (χ2n) is 5.39. The Hall–Kier alpha value is -2.45. The first-order valence-electron chi connectivity index (χ1n) is 7.90. The molecule has 0 bridgehead atoms. The van der Waals surface area contributed by atoms with Crippen LogP contribution in [0.1, 0.15) is 5.56 Å². The van der Waals surface area contributed by atoms with Crippen LogP contribution in [-0.4, -0.2) is 32.4 Å². The first-order valence-corrected chi connectivity index (χ1v) is 9.50. The van der Waals surface area contributed by atoms with Crippen LogP contribution in [0.3, 0.4) is 0 Å². The van der Waals surface area contributed by atoms with E-state index in [2.05, 4.69) is 26.2 Å². The molecule has 1 saturated heterocycles. The number of rotatable bonds is 5. The Balaban J connectivity index is 1.92. The van der Waals surface area contributed by atoms with Crippen LogP contribution in [0.25, 0.3) is 6.08 Å². The van der Waals surface area contributed by atoms with E-state index in [1.54, 1.807) is 39.5 Å². The van der Waals surface area contributed by atoms with E-state index < -0.39 is 0 Å². The Labute approximate surface area is 169 Å². The molecule has 0 aliphatic carbocycles. The van der Waals surface area contributed by atoms with E-state index in [1.807, 2.05) is 24.3 Å². The highest BCUT2D eigenvalue weighted by molar-refractivity contribution is 9.10. The number of thioether (sulfide) groups is 1. The van der Waals surface area contributed by atoms with E-state index in [0.29, 0.717) is 27.3 Å². The molecule has 0 aromatic heterocycles. The molecule has 1 fully saturated rings. The van der Waals surface area contributed by atoms with Crippen LogP contribution in [0.2, 0.25) is 0 Å². The summed E-state index contributed by atoms with van der Waals surface area (Å²) in [7, 11) is 4.64. The van der Waals surface area contributed by atoms with E-state index >= 15 is 0 Å².